The standard InChI is InChI=1S/C17H18N2O4/c1-3-22-16(20)10-7-14-11-19(12-18-14)15-8-5-13(6-9-15)17(21)23-4-2/h5-12H,3-4H2,1-2H3. The normalized spacial score (nSPS) is 10.7. The van der Waals surface area contributed by atoms with Gasteiger partial charge in [-0.25, -0.2) is 14.6 Å². The largest absolute Gasteiger partial charge is 0.463 e. The summed E-state index contributed by atoms with van der Waals surface area (Å²) in [6.07, 6.45) is 6.32. The molecule has 0 unspecified atom stereocenters. The number of rotatable bonds is 6. The number of esters is 2. The van der Waals surface area contributed by atoms with Crippen molar-refractivity contribution in [2.24, 2.45) is 0 Å². The first kappa shape index (κ1) is 16.5. The van der Waals surface area contributed by atoms with Crippen LogP contribution in [0.15, 0.2) is 42.9 Å². The molecule has 0 aliphatic rings. The third-order valence-electron chi connectivity index (χ3n) is 2.96. The zero-order valence-corrected chi connectivity index (χ0v) is 13.1. The highest BCUT2D eigenvalue weighted by molar-refractivity contribution is 5.89. The highest BCUT2D eigenvalue weighted by Gasteiger charge is 2.06. The van der Waals surface area contributed by atoms with Crippen LogP contribution >= 0.6 is 0 Å². The highest BCUT2D eigenvalue weighted by Crippen LogP contribution is 2.12. The van der Waals surface area contributed by atoms with Crippen LogP contribution < -0.4 is 0 Å². The second-order valence-corrected chi connectivity index (χ2v) is 4.56. The first-order valence-corrected chi connectivity index (χ1v) is 7.30. The average molecular weight is 314 g/mol. The number of imidazole rings is 1. The lowest BCUT2D eigenvalue weighted by Crippen LogP contribution is -2.04. The van der Waals surface area contributed by atoms with E-state index < -0.39 is 5.97 Å². The first-order chi connectivity index (χ1) is 11.1. The van der Waals surface area contributed by atoms with Crippen molar-refractivity contribution in [3.8, 4) is 5.69 Å². The summed E-state index contributed by atoms with van der Waals surface area (Å²) in [7, 11) is 0. The lowest BCUT2D eigenvalue weighted by atomic mass is 10.2. The lowest BCUT2D eigenvalue weighted by Gasteiger charge is -2.04. The van der Waals surface area contributed by atoms with Crippen molar-refractivity contribution in [1.29, 1.82) is 0 Å². The van der Waals surface area contributed by atoms with E-state index in [1.165, 1.54) is 6.08 Å². The van der Waals surface area contributed by atoms with Crippen LogP contribution in [0.5, 0.6) is 0 Å². The maximum absolute atomic E-state index is 11.6. The summed E-state index contributed by atoms with van der Waals surface area (Å²) in [5, 5.41) is 0. The maximum atomic E-state index is 11.6. The monoisotopic (exact) mass is 314 g/mol. The summed E-state index contributed by atoms with van der Waals surface area (Å²) in [6, 6.07) is 6.99. The molecule has 0 atom stereocenters. The minimum absolute atomic E-state index is 0.338. The number of benzene rings is 1. The Kier molecular flexibility index (Phi) is 5.68. The minimum Gasteiger partial charge on any atom is -0.463 e. The fourth-order valence-corrected chi connectivity index (χ4v) is 1.89. The van der Waals surface area contributed by atoms with Crippen molar-refractivity contribution in [2.45, 2.75) is 13.8 Å². The van der Waals surface area contributed by atoms with Crippen LogP contribution in [0, 0.1) is 0 Å². The van der Waals surface area contributed by atoms with Gasteiger partial charge in [-0.2, -0.15) is 0 Å². The summed E-state index contributed by atoms with van der Waals surface area (Å²) in [5.74, 6) is -0.747. The van der Waals surface area contributed by atoms with Gasteiger partial charge in [0.25, 0.3) is 0 Å². The summed E-state index contributed by atoms with van der Waals surface area (Å²) in [4.78, 5) is 27.1. The van der Waals surface area contributed by atoms with Gasteiger partial charge in [0.05, 0.1) is 30.8 Å². The molecule has 0 bridgehead atoms. The molecule has 0 aliphatic heterocycles. The van der Waals surface area contributed by atoms with Gasteiger partial charge in [-0.15, -0.1) is 0 Å². The molecule has 1 heterocycles. The van der Waals surface area contributed by atoms with E-state index in [1.807, 2.05) is 0 Å². The van der Waals surface area contributed by atoms with E-state index in [0.717, 1.165) is 5.69 Å². The van der Waals surface area contributed by atoms with Gasteiger partial charge in [-0.1, -0.05) is 0 Å². The molecule has 0 aliphatic carbocycles. The van der Waals surface area contributed by atoms with E-state index >= 15 is 0 Å². The number of aromatic nitrogens is 2. The molecule has 6 nitrogen and oxygen atoms in total. The molecule has 120 valence electrons. The third kappa shape index (κ3) is 4.54. The lowest BCUT2D eigenvalue weighted by molar-refractivity contribution is -0.137. The van der Waals surface area contributed by atoms with Crippen LogP contribution in [0.3, 0.4) is 0 Å². The molecular formula is C17H18N2O4. The highest BCUT2D eigenvalue weighted by atomic mass is 16.5. The van der Waals surface area contributed by atoms with Gasteiger partial charge in [0, 0.05) is 18.0 Å². The number of hydrogen-bond acceptors (Lipinski definition) is 5. The van der Waals surface area contributed by atoms with Crippen molar-refractivity contribution in [1.82, 2.24) is 9.55 Å². The van der Waals surface area contributed by atoms with Crippen LogP contribution in [0.1, 0.15) is 29.9 Å². The number of carbonyl (C=O) groups excluding carboxylic acids is 2. The van der Waals surface area contributed by atoms with Crippen molar-refractivity contribution in [2.75, 3.05) is 13.2 Å². The van der Waals surface area contributed by atoms with Crippen molar-refractivity contribution >= 4 is 18.0 Å². The van der Waals surface area contributed by atoms with Gasteiger partial charge in [-0.3, -0.25) is 0 Å². The number of nitrogens with zero attached hydrogens (tertiary/aromatic N) is 2. The van der Waals surface area contributed by atoms with Gasteiger partial charge < -0.3 is 14.0 Å². The van der Waals surface area contributed by atoms with E-state index in [-0.39, 0.29) is 5.97 Å². The Labute approximate surface area is 134 Å². The van der Waals surface area contributed by atoms with Crippen LogP contribution in [0.25, 0.3) is 11.8 Å². The molecule has 0 spiro atoms. The fourth-order valence-electron chi connectivity index (χ4n) is 1.89. The Morgan fingerprint density at radius 1 is 1.13 bits per heavy atom. The van der Waals surface area contributed by atoms with E-state index in [2.05, 4.69) is 4.98 Å². The second-order valence-electron chi connectivity index (χ2n) is 4.56. The Hall–Kier alpha value is -2.89. The topological polar surface area (TPSA) is 70.4 Å². The van der Waals surface area contributed by atoms with Gasteiger partial charge in [0.1, 0.15) is 0 Å². The molecule has 0 saturated carbocycles. The molecular weight excluding hydrogens is 296 g/mol. The Bertz CT molecular complexity index is 702. The zero-order valence-electron chi connectivity index (χ0n) is 13.1. The van der Waals surface area contributed by atoms with Gasteiger partial charge >= 0.3 is 11.9 Å². The summed E-state index contributed by atoms with van der Waals surface area (Å²) in [6.45, 7) is 4.20. The molecule has 0 radical (unpaired) electrons. The number of hydrogen-bond donors (Lipinski definition) is 0. The SMILES string of the molecule is CCOC(=O)C=Cc1cn(-c2ccc(C(=O)OCC)cc2)cn1. The predicted molar refractivity (Wildman–Crippen MR) is 85.2 cm³/mol. The Morgan fingerprint density at radius 2 is 1.83 bits per heavy atom. The quantitative estimate of drug-likeness (QED) is 0.605. The second kappa shape index (κ2) is 7.93. The predicted octanol–water partition coefficient (Wildman–Crippen LogP) is 2.63. The van der Waals surface area contributed by atoms with E-state index in [4.69, 9.17) is 9.47 Å². The minimum atomic E-state index is -0.402. The van der Waals surface area contributed by atoms with Gasteiger partial charge in [-0.05, 0) is 44.2 Å². The molecule has 23 heavy (non-hydrogen) atoms. The van der Waals surface area contributed by atoms with Crippen LogP contribution in [-0.2, 0) is 14.3 Å². The molecule has 1 aromatic heterocycles. The van der Waals surface area contributed by atoms with Gasteiger partial charge in [0.15, 0.2) is 0 Å². The molecule has 6 heteroatoms. The summed E-state index contributed by atoms with van der Waals surface area (Å²) >= 11 is 0. The van der Waals surface area contributed by atoms with Crippen molar-refractivity contribution < 1.29 is 19.1 Å². The summed E-state index contributed by atoms with van der Waals surface area (Å²) < 4.78 is 11.5. The van der Waals surface area contributed by atoms with Crippen LogP contribution in [-0.4, -0.2) is 34.7 Å². The Morgan fingerprint density at radius 3 is 2.48 bits per heavy atom. The molecule has 0 N–H and O–H groups in total. The smallest absolute Gasteiger partial charge is 0.338 e. The summed E-state index contributed by atoms with van der Waals surface area (Å²) in [5.41, 5.74) is 1.98. The van der Waals surface area contributed by atoms with Crippen molar-refractivity contribution in [3.05, 3.63) is 54.1 Å². The maximum Gasteiger partial charge on any atom is 0.338 e. The first-order valence-electron chi connectivity index (χ1n) is 7.30. The molecule has 1 aromatic carbocycles. The average Bonchev–Trinajstić information content (AvgIpc) is 3.02. The van der Waals surface area contributed by atoms with Gasteiger partial charge in [0.2, 0.25) is 0 Å². The molecule has 0 saturated heterocycles. The zero-order chi connectivity index (χ0) is 16.7. The Balaban J connectivity index is 2.08. The van der Waals surface area contributed by atoms with Crippen molar-refractivity contribution in [3.63, 3.8) is 0 Å². The fraction of sp³-hybridized carbons (Fsp3) is 0.235. The van der Waals surface area contributed by atoms with E-state index in [0.29, 0.717) is 24.5 Å². The molecule has 2 rings (SSSR count). The van der Waals surface area contributed by atoms with E-state index in [1.54, 1.807) is 61.3 Å². The van der Waals surface area contributed by atoms with E-state index in [9.17, 15) is 9.59 Å². The molecule has 0 amide bonds. The molecule has 0 fully saturated rings. The van der Waals surface area contributed by atoms with Crippen LogP contribution in [0.2, 0.25) is 0 Å². The number of ether oxygens (including phenoxy) is 2. The number of carbonyl (C=O) groups is 2. The van der Waals surface area contributed by atoms with Crippen LogP contribution in [0.4, 0.5) is 0 Å². The molecule has 2 aromatic rings. The third-order valence-corrected chi connectivity index (χ3v) is 2.96.